The molecule has 0 aromatic rings. The third-order valence-electron chi connectivity index (χ3n) is 1.77. The number of carboxylic acids is 1. The molecule has 0 amide bonds. The van der Waals surface area contributed by atoms with Crippen LogP contribution in [0.5, 0.6) is 0 Å². The molecular formula is C8H12O4S2. The zero-order valence-corrected chi connectivity index (χ0v) is 9.78. The molecule has 0 aromatic heterocycles. The fourth-order valence-electron chi connectivity index (χ4n) is 1.23. The third-order valence-corrected chi connectivity index (χ3v) is 5.10. The summed E-state index contributed by atoms with van der Waals surface area (Å²) in [6, 6.07) is 0. The molecule has 80 valence electrons. The van der Waals surface area contributed by atoms with Gasteiger partial charge in [0.1, 0.15) is 10.5 Å². The summed E-state index contributed by atoms with van der Waals surface area (Å²) >= 11 is 2.63. The molecule has 0 saturated carbocycles. The highest BCUT2D eigenvalue weighted by Gasteiger charge is 2.48. The number of hydrogen-bond acceptors (Lipinski definition) is 5. The minimum absolute atomic E-state index is 0.248. The summed E-state index contributed by atoms with van der Waals surface area (Å²) in [5, 5.41) is 7.61. The standard InChI is InChI=1S/C8H12O4S2/c1-8(2)13-4(6(9)10)5(14-8)7(11)12-3/h4-5H,1-3H3,(H,9,10). The van der Waals surface area contributed by atoms with Crippen molar-refractivity contribution >= 4 is 35.5 Å². The van der Waals surface area contributed by atoms with Gasteiger partial charge in [-0.3, -0.25) is 9.59 Å². The molecule has 0 aliphatic carbocycles. The van der Waals surface area contributed by atoms with E-state index in [0.717, 1.165) is 0 Å². The second-order valence-electron chi connectivity index (χ2n) is 3.34. The van der Waals surface area contributed by atoms with Crippen molar-refractivity contribution in [3.05, 3.63) is 0 Å². The predicted octanol–water partition coefficient (Wildman–Crippen LogP) is 1.20. The lowest BCUT2D eigenvalue weighted by molar-refractivity contribution is -0.144. The average molecular weight is 236 g/mol. The van der Waals surface area contributed by atoms with Gasteiger partial charge in [0.15, 0.2) is 0 Å². The number of hydrogen-bond donors (Lipinski definition) is 1. The Morgan fingerprint density at radius 1 is 1.29 bits per heavy atom. The molecule has 0 aromatic carbocycles. The van der Waals surface area contributed by atoms with Gasteiger partial charge in [0.2, 0.25) is 0 Å². The number of aliphatic carboxylic acids is 1. The van der Waals surface area contributed by atoms with Crippen LogP contribution < -0.4 is 0 Å². The van der Waals surface area contributed by atoms with Gasteiger partial charge in [-0.05, 0) is 13.8 Å². The quantitative estimate of drug-likeness (QED) is 0.727. The van der Waals surface area contributed by atoms with E-state index in [0.29, 0.717) is 0 Å². The molecule has 2 atom stereocenters. The topological polar surface area (TPSA) is 63.6 Å². The van der Waals surface area contributed by atoms with Crippen LogP contribution in [-0.2, 0) is 14.3 Å². The summed E-state index contributed by atoms with van der Waals surface area (Å²) in [7, 11) is 1.28. The van der Waals surface area contributed by atoms with Crippen LogP contribution in [0.4, 0.5) is 0 Å². The van der Waals surface area contributed by atoms with Crippen LogP contribution in [0.1, 0.15) is 13.8 Å². The molecule has 1 aliphatic rings. The molecule has 0 radical (unpaired) electrons. The Kier molecular flexibility index (Phi) is 3.36. The number of thioether (sulfide) groups is 2. The van der Waals surface area contributed by atoms with Crippen molar-refractivity contribution in [2.45, 2.75) is 28.4 Å². The molecular weight excluding hydrogens is 224 g/mol. The maximum Gasteiger partial charge on any atom is 0.320 e. The molecule has 4 nitrogen and oxygen atoms in total. The predicted molar refractivity (Wildman–Crippen MR) is 56.5 cm³/mol. The lowest BCUT2D eigenvalue weighted by Gasteiger charge is -2.13. The summed E-state index contributed by atoms with van der Waals surface area (Å²) in [4.78, 5) is 22.2. The van der Waals surface area contributed by atoms with E-state index in [1.807, 2.05) is 13.8 Å². The van der Waals surface area contributed by atoms with Crippen LogP contribution in [0, 0.1) is 0 Å². The largest absolute Gasteiger partial charge is 0.480 e. The van der Waals surface area contributed by atoms with E-state index in [2.05, 4.69) is 4.74 Å². The van der Waals surface area contributed by atoms with Gasteiger partial charge in [0.05, 0.1) is 11.2 Å². The van der Waals surface area contributed by atoms with E-state index in [1.54, 1.807) is 0 Å². The maximum absolute atomic E-state index is 11.3. The van der Waals surface area contributed by atoms with E-state index in [1.165, 1.54) is 30.6 Å². The first-order chi connectivity index (χ1) is 6.37. The van der Waals surface area contributed by atoms with E-state index in [4.69, 9.17) is 5.11 Å². The molecule has 2 unspecified atom stereocenters. The van der Waals surface area contributed by atoms with Gasteiger partial charge in [-0.1, -0.05) is 0 Å². The van der Waals surface area contributed by atoms with E-state index >= 15 is 0 Å². The van der Waals surface area contributed by atoms with Crippen molar-refractivity contribution in [1.82, 2.24) is 0 Å². The van der Waals surface area contributed by atoms with E-state index in [9.17, 15) is 9.59 Å². The molecule has 1 heterocycles. The molecule has 14 heavy (non-hydrogen) atoms. The second kappa shape index (κ2) is 4.02. The van der Waals surface area contributed by atoms with E-state index in [-0.39, 0.29) is 4.08 Å². The SMILES string of the molecule is COC(=O)C1SC(C)(C)SC1C(=O)O. The van der Waals surface area contributed by atoms with Crippen LogP contribution in [0.3, 0.4) is 0 Å². The summed E-state index contributed by atoms with van der Waals surface area (Å²) in [5.74, 6) is -1.41. The monoisotopic (exact) mass is 236 g/mol. The highest BCUT2D eigenvalue weighted by Crippen LogP contribution is 2.52. The summed E-state index contributed by atoms with van der Waals surface area (Å²) in [6.07, 6.45) is 0. The first-order valence-electron chi connectivity index (χ1n) is 4.03. The molecule has 6 heteroatoms. The first-order valence-corrected chi connectivity index (χ1v) is 5.79. The van der Waals surface area contributed by atoms with Crippen molar-refractivity contribution in [1.29, 1.82) is 0 Å². The van der Waals surface area contributed by atoms with E-state index < -0.39 is 22.4 Å². The molecule has 0 bridgehead atoms. The summed E-state index contributed by atoms with van der Waals surface area (Å²) < 4.78 is 4.32. The second-order valence-corrected chi connectivity index (χ2v) is 7.12. The minimum Gasteiger partial charge on any atom is -0.480 e. The smallest absolute Gasteiger partial charge is 0.320 e. The van der Waals surface area contributed by atoms with Crippen LogP contribution in [0.15, 0.2) is 0 Å². The van der Waals surface area contributed by atoms with Crippen LogP contribution in [0.2, 0.25) is 0 Å². The van der Waals surface area contributed by atoms with Crippen LogP contribution >= 0.6 is 23.5 Å². The summed E-state index contributed by atoms with van der Waals surface area (Å²) in [5.41, 5.74) is 0. The molecule has 0 spiro atoms. The maximum atomic E-state index is 11.3. The van der Waals surface area contributed by atoms with Crippen LogP contribution in [-0.4, -0.2) is 38.7 Å². The first kappa shape index (κ1) is 11.7. The fraction of sp³-hybridized carbons (Fsp3) is 0.750. The molecule has 1 saturated heterocycles. The van der Waals surface area contributed by atoms with Crippen molar-refractivity contribution in [2.75, 3.05) is 7.11 Å². The number of carbonyl (C=O) groups is 2. The van der Waals surface area contributed by atoms with Gasteiger partial charge in [-0.25, -0.2) is 0 Å². The zero-order chi connectivity index (χ0) is 10.9. The van der Waals surface area contributed by atoms with Gasteiger partial charge >= 0.3 is 11.9 Å². The molecule has 1 fully saturated rings. The Balaban J connectivity index is 2.83. The lowest BCUT2D eigenvalue weighted by Crippen LogP contribution is -2.32. The number of rotatable bonds is 2. The van der Waals surface area contributed by atoms with Crippen LogP contribution in [0.25, 0.3) is 0 Å². The number of carboxylic acid groups (broad SMARTS) is 1. The minimum atomic E-state index is -0.955. The lowest BCUT2D eigenvalue weighted by atomic mass is 10.3. The van der Waals surface area contributed by atoms with Crippen molar-refractivity contribution in [2.24, 2.45) is 0 Å². The molecule has 1 rings (SSSR count). The number of methoxy groups -OCH3 is 1. The Hall–Kier alpha value is -0.360. The van der Waals surface area contributed by atoms with Gasteiger partial charge in [-0.2, -0.15) is 0 Å². The van der Waals surface area contributed by atoms with Gasteiger partial charge in [0.25, 0.3) is 0 Å². The Bertz CT molecular complexity index is 264. The number of ether oxygens (including phenoxy) is 1. The zero-order valence-electron chi connectivity index (χ0n) is 8.14. The highest BCUT2D eigenvalue weighted by molar-refractivity contribution is 8.22. The van der Waals surface area contributed by atoms with Crippen molar-refractivity contribution in [3.63, 3.8) is 0 Å². The van der Waals surface area contributed by atoms with Crippen molar-refractivity contribution < 1.29 is 19.4 Å². The number of carbonyl (C=O) groups excluding carboxylic acids is 1. The molecule has 1 N–H and O–H groups in total. The number of esters is 1. The fourth-order valence-corrected chi connectivity index (χ4v) is 4.40. The van der Waals surface area contributed by atoms with Gasteiger partial charge < -0.3 is 9.84 Å². The Morgan fingerprint density at radius 3 is 2.21 bits per heavy atom. The summed E-state index contributed by atoms with van der Waals surface area (Å²) in [6.45, 7) is 3.81. The average Bonchev–Trinajstić information content (AvgIpc) is 2.40. The Morgan fingerprint density at radius 2 is 1.79 bits per heavy atom. The normalized spacial score (nSPS) is 29.9. The Labute approximate surface area is 90.8 Å². The van der Waals surface area contributed by atoms with Crippen molar-refractivity contribution in [3.8, 4) is 0 Å². The van der Waals surface area contributed by atoms with Gasteiger partial charge in [0, 0.05) is 0 Å². The highest BCUT2D eigenvalue weighted by atomic mass is 32.2. The van der Waals surface area contributed by atoms with Gasteiger partial charge in [-0.15, -0.1) is 23.5 Å². The molecule has 1 aliphatic heterocycles. The third kappa shape index (κ3) is 2.36.